The van der Waals surface area contributed by atoms with E-state index in [4.69, 9.17) is 0 Å². The molecule has 0 aliphatic heterocycles. The summed E-state index contributed by atoms with van der Waals surface area (Å²) in [5.74, 6) is -0.00766. The van der Waals surface area contributed by atoms with Gasteiger partial charge < -0.3 is 5.32 Å². The summed E-state index contributed by atoms with van der Waals surface area (Å²) in [6.07, 6.45) is 3.42. The van der Waals surface area contributed by atoms with Gasteiger partial charge in [0.1, 0.15) is 0 Å². The Hall–Kier alpha value is -2.27. The van der Waals surface area contributed by atoms with Gasteiger partial charge in [-0.3, -0.25) is 9.59 Å². The zero-order valence-corrected chi connectivity index (χ0v) is 16.1. The molecule has 0 fully saturated rings. The van der Waals surface area contributed by atoms with Crippen molar-refractivity contribution in [1.29, 1.82) is 0 Å². The van der Waals surface area contributed by atoms with Crippen LogP contribution < -0.4 is 5.32 Å². The van der Waals surface area contributed by atoms with Crippen molar-refractivity contribution in [1.82, 2.24) is 10.3 Å². The Labute approximate surface area is 158 Å². The number of hydrogen-bond donors (Lipinski definition) is 1. The van der Waals surface area contributed by atoms with Gasteiger partial charge in [-0.15, -0.1) is 11.3 Å². The van der Waals surface area contributed by atoms with Gasteiger partial charge in [-0.1, -0.05) is 37.3 Å². The van der Waals surface area contributed by atoms with Crippen molar-refractivity contribution in [3.05, 3.63) is 57.0 Å². The van der Waals surface area contributed by atoms with E-state index in [1.165, 1.54) is 0 Å². The van der Waals surface area contributed by atoms with Crippen LogP contribution in [0.1, 0.15) is 53.7 Å². The first-order valence-electron chi connectivity index (χ1n) is 9.11. The maximum absolute atomic E-state index is 12.4. The highest BCUT2D eigenvalue weighted by Gasteiger charge is 2.25. The molecule has 2 aromatic rings. The molecule has 0 radical (unpaired) electrons. The first kappa shape index (κ1) is 18.5. The summed E-state index contributed by atoms with van der Waals surface area (Å²) >= 11 is 1.66. The molecular weight excluding hydrogens is 344 g/mol. The number of aromatic nitrogens is 1. The van der Waals surface area contributed by atoms with Gasteiger partial charge in [0.05, 0.1) is 23.7 Å². The molecule has 0 saturated heterocycles. The average Bonchev–Trinajstić information content (AvgIpc) is 3.17. The molecule has 1 aliphatic rings. The summed E-state index contributed by atoms with van der Waals surface area (Å²) in [5, 5.41) is 4.08. The second-order valence-electron chi connectivity index (χ2n) is 6.57. The molecule has 0 atom stereocenters. The van der Waals surface area contributed by atoms with E-state index in [1.807, 2.05) is 37.3 Å². The number of hydrogen-bond acceptors (Lipinski definition) is 4. The van der Waals surface area contributed by atoms with Crippen LogP contribution in [0, 0.1) is 6.92 Å². The third-order valence-corrected chi connectivity index (χ3v) is 5.83. The summed E-state index contributed by atoms with van der Waals surface area (Å²) in [4.78, 5) is 30.3. The van der Waals surface area contributed by atoms with E-state index in [0.29, 0.717) is 18.5 Å². The lowest BCUT2D eigenvalue weighted by molar-refractivity contribution is -0.122. The highest BCUT2D eigenvalue weighted by Crippen LogP contribution is 2.33. The number of aryl methyl sites for hydroxylation is 2. The van der Waals surface area contributed by atoms with Crippen LogP contribution in [0.25, 0.3) is 5.57 Å². The molecule has 1 amide bonds. The fourth-order valence-electron chi connectivity index (χ4n) is 3.25. The fraction of sp³-hybridized carbons (Fsp3) is 0.381. The number of Topliss-reactive ketones (excluding diaryl/α,β-unsaturated/α-hetero) is 1. The van der Waals surface area contributed by atoms with Gasteiger partial charge in [0.15, 0.2) is 5.78 Å². The first-order valence-corrected chi connectivity index (χ1v) is 9.92. The van der Waals surface area contributed by atoms with Gasteiger partial charge >= 0.3 is 0 Å². The maximum Gasteiger partial charge on any atom is 0.224 e. The lowest BCUT2D eigenvalue weighted by Gasteiger charge is -2.08. The van der Waals surface area contributed by atoms with Crippen LogP contribution >= 0.6 is 11.3 Å². The van der Waals surface area contributed by atoms with Gasteiger partial charge in [-0.05, 0) is 37.3 Å². The van der Waals surface area contributed by atoms with Gasteiger partial charge in [0.25, 0.3) is 0 Å². The fourth-order valence-corrected chi connectivity index (χ4v) is 4.36. The van der Waals surface area contributed by atoms with Crippen LogP contribution in [0.3, 0.4) is 0 Å². The maximum atomic E-state index is 12.4. The number of allylic oxidation sites excluding steroid dienone is 1. The van der Waals surface area contributed by atoms with E-state index < -0.39 is 0 Å². The second-order valence-corrected chi connectivity index (χ2v) is 7.73. The molecular formula is C21H24N2O2S. The molecule has 1 N–H and O–H groups in total. The minimum Gasteiger partial charge on any atom is -0.351 e. The number of benzene rings is 1. The molecule has 136 valence electrons. The second kappa shape index (κ2) is 8.41. The third kappa shape index (κ3) is 4.28. The van der Waals surface area contributed by atoms with E-state index >= 15 is 0 Å². The van der Waals surface area contributed by atoms with Crippen LogP contribution in [0.4, 0.5) is 0 Å². The summed E-state index contributed by atoms with van der Waals surface area (Å²) in [7, 11) is 0. The van der Waals surface area contributed by atoms with Crippen molar-refractivity contribution in [2.24, 2.45) is 0 Å². The first-order chi connectivity index (χ1) is 12.6. The predicted octanol–water partition coefficient (Wildman–Crippen LogP) is 4.23. The number of nitrogens with one attached hydrogen (secondary N) is 1. The number of rotatable bonds is 7. The van der Waals surface area contributed by atoms with E-state index in [9.17, 15) is 9.59 Å². The molecule has 0 bridgehead atoms. The zero-order valence-electron chi connectivity index (χ0n) is 15.3. The SMILES string of the molecule is CCCc1nc(C)c(CNC(=O)CC2=C(c3ccccc3)CCC2=O)s1. The lowest BCUT2D eigenvalue weighted by Crippen LogP contribution is -2.23. The molecule has 1 heterocycles. The number of carbonyl (C=O) groups excluding carboxylic acids is 2. The lowest BCUT2D eigenvalue weighted by atomic mass is 10.00. The minimum atomic E-state index is -0.103. The highest BCUT2D eigenvalue weighted by molar-refractivity contribution is 7.11. The van der Waals surface area contributed by atoms with Gasteiger partial charge in [0.2, 0.25) is 5.91 Å². The zero-order chi connectivity index (χ0) is 18.5. The summed E-state index contributed by atoms with van der Waals surface area (Å²) in [6.45, 7) is 4.59. The Morgan fingerprint density at radius 1 is 1.23 bits per heavy atom. The summed E-state index contributed by atoms with van der Waals surface area (Å²) < 4.78 is 0. The van der Waals surface area contributed by atoms with Crippen molar-refractivity contribution >= 4 is 28.6 Å². The number of ketones is 1. The Kier molecular flexibility index (Phi) is 5.99. The van der Waals surface area contributed by atoms with Crippen molar-refractivity contribution < 1.29 is 9.59 Å². The van der Waals surface area contributed by atoms with Gasteiger partial charge in [0, 0.05) is 16.9 Å². The molecule has 0 unspecified atom stereocenters. The highest BCUT2D eigenvalue weighted by atomic mass is 32.1. The normalized spacial score (nSPS) is 14.2. The smallest absolute Gasteiger partial charge is 0.224 e. The monoisotopic (exact) mass is 368 g/mol. The minimum absolute atomic E-state index is 0.0956. The van der Waals surface area contributed by atoms with Crippen molar-refractivity contribution in [2.75, 3.05) is 0 Å². The molecule has 5 heteroatoms. The van der Waals surface area contributed by atoms with Crippen molar-refractivity contribution in [3.8, 4) is 0 Å². The summed E-state index contributed by atoms with van der Waals surface area (Å²) in [5.41, 5.74) is 3.72. The van der Waals surface area contributed by atoms with Crippen LogP contribution in [-0.4, -0.2) is 16.7 Å². The quantitative estimate of drug-likeness (QED) is 0.796. The number of thiazole rings is 1. The predicted molar refractivity (Wildman–Crippen MR) is 105 cm³/mol. The molecule has 1 aromatic carbocycles. The van der Waals surface area contributed by atoms with E-state index in [-0.39, 0.29) is 18.1 Å². The molecule has 3 rings (SSSR count). The van der Waals surface area contributed by atoms with E-state index in [0.717, 1.165) is 46.0 Å². The van der Waals surface area contributed by atoms with Crippen LogP contribution in [0.15, 0.2) is 35.9 Å². The third-order valence-electron chi connectivity index (χ3n) is 4.61. The Morgan fingerprint density at radius 2 is 2.00 bits per heavy atom. The van der Waals surface area contributed by atoms with E-state index in [2.05, 4.69) is 17.2 Å². The number of carbonyl (C=O) groups is 2. The molecule has 26 heavy (non-hydrogen) atoms. The van der Waals surface area contributed by atoms with Crippen molar-refractivity contribution in [2.45, 2.75) is 52.5 Å². The van der Waals surface area contributed by atoms with Crippen LogP contribution in [0.2, 0.25) is 0 Å². The average molecular weight is 369 g/mol. The number of nitrogens with zero attached hydrogens (tertiary/aromatic N) is 1. The molecule has 1 aromatic heterocycles. The topological polar surface area (TPSA) is 59.1 Å². The van der Waals surface area contributed by atoms with Crippen LogP contribution in [0.5, 0.6) is 0 Å². The Morgan fingerprint density at radius 3 is 2.73 bits per heavy atom. The molecule has 4 nitrogen and oxygen atoms in total. The standard InChI is InChI=1S/C21H24N2O2S/c1-3-7-21-23-14(2)19(26-21)13-22-20(25)12-17-16(10-11-18(17)24)15-8-5-4-6-9-15/h4-6,8-9H,3,7,10-13H2,1-2H3,(H,22,25). The largest absolute Gasteiger partial charge is 0.351 e. The van der Waals surface area contributed by atoms with Crippen LogP contribution in [-0.2, 0) is 22.6 Å². The summed E-state index contributed by atoms with van der Waals surface area (Å²) in [6, 6.07) is 9.88. The van der Waals surface area contributed by atoms with E-state index in [1.54, 1.807) is 11.3 Å². The van der Waals surface area contributed by atoms with Gasteiger partial charge in [-0.25, -0.2) is 4.98 Å². The Bertz CT molecular complexity index is 837. The van der Waals surface area contributed by atoms with Gasteiger partial charge in [-0.2, -0.15) is 0 Å². The number of amides is 1. The molecule has 1 aliphatic carbocycles. The van der Waals surface area contributed by atoms with Crippen molar-refractivity contribution in [3.63, 3.8) is 0 Å². The molecule has 0 spiro atoms. The molecule has 0 saturated carbocycles. The Balaban J connectivity index is 1.66.